The van der Waals surface area contributed by atoms with Crippen LogP contribution in [-0.4, -0.2) is 4.98 Å². The minimum absolute atomic E-state index is 0.873. The van der Waals surface area contributed by atoms with Gasteiger partial charge in [-0.25, -0.2) is 9.55 Å². The van der Waals surface area contributed by atoms with Gasteiger partial charge in [0, 0.05) is 0 Å². The van der Waals surface area contributed by atoms with Crippen LogP contribution in [0.3, 0.4) is 0 Å². The Balaban J connectivity index is 2.32. The first-order chi connectivity index (χ1) is 7.90. The van der Waals surface area contributed by atoms with Crippen molar-refractivity contribution in [2.24, 2.45) is 0 Å². The van der Waals surface area contributed by atoms with Crippen LogP contribution >= 0.6 is 0 Å². The average Bonchev–Trinajstić information content (AvgIpc) is 2.95. The Morgan fingerprint density at radius 2 is 2.06 bits per heavy atom. The van der Waals surface area contributed by atoms with Gasteiger partial charge >= 0.3 is 5.82 Å². The van der Waals surface area contributed by atoms with Gasteiger partial charge < -0.3 is 4.42 Å². The zero-order chi connectivity index (χ0) is 11.0. The summed E-state index contributed by atoms with van der Waals surface area (Å²) < 4.78 is 7.66. The maximum atomic E-state index is 5.44. The van der Waals surface area contributed by atoms with Crippen LogP contribution in [0.15, 0.2) is 47.1 Å². The van der Waals surface area contributed by atoms with Crippen molar-refractivity contribution in [3.05, 3.63) is 42.7 Å². The highest BCUT2D eigenvalue weighted by atomic mass is 16.3. The monoisotopic (exact) mass is 213 g/mol. The van der Waals surface area contributed by atoms with Gasteiger partial charge in [-0.3, -0.25) is 0 Å². The van der Waals surface area contributed by atoms with Gasteiger partial charge in [0.15, 0.2) is 11.0 Å². The third kappa shape index (κ3) is 1.25. The molecular weight excluding hydrogens is 200 g/mol. The Kier molecular flexibility index (Phi) is 2.03. The van der Waals surface area contributed by atoms with Crippen LogP contribution in [0.1, 0.15) is 6.92 Å². The van der Waals surface area contributed by atoms with Crippen LogP contribution in [0, 0.1) is 0 Å². The van der Waals surface area contributed by atoms with E-state index in [1.165, 1.54) is 5.52 Å². The summed E-state index contributed by atoms with van der Waals surface area (Å²) in [6, 6.07) is 12.1. The highest BCUT2D eigenvalue weighted by molar-refractivity contribution is 5.73. The van der Waals surface area contributed by atoms with Crippen molar-refractivity contribution in [3.8, 4) is 11.6 Å². The summed E-state index contributed by atoms with van der Waals surface area (Å²) in [5.74, 6) is 1.90. The Morgan fingerprint density at radius 1 is 1.19 bits per heavy atom. The molecule has 3 aromatic rings. The maximum absolute atomic E-state index is 5.44. The van der Waals surface area contributed by atoms with E-state index in [-0.39, 0.29) is 0 Å². The Bertz CT molecular complexity index is 608. The largest absolute Gasteiger partial charge is 0.456 e. The molecule has 0 aliphatic rings. The van der Waals surface area contributed by atoms with Gasteiger partial charge in [-0.2, -0.15) is 0 Å². The van der Waals surface area contributed by atoms with E-state index in [0.717, 1.165) is 23.6 Å². The molecule has 3 rings (SSSR count). The minimum atomic E-state index is 0.873. The molecule has 0 bridgehead atoms. The normalized spacial score (nSPS) is 11.1. The van der Waals surface area contributed by atoms with Crippen molar-refractivity contribution in [3.63, 3.8) is 0 Å². The van der Waals surface area contributed by atoms with Crippen LogP contribution in [0.25, 0.3) is 22.6 Å². The van der Waals surface area contributed by atoms with Gasteiger partial charge in [0.1, 0.15) is 0 Å². The molecule has 0 saturated carbocycles. The van der Waals surface area contributed by atoms with Crippen molar-refractivity contribution in [1.82, 2.24) is 4.98 Å². The standard InChI is InChI=1S/C13H12N2O/c1-2-15-11-7-4-3-6-10(11)14-13(15)12-8-5-9-16-12/h3-9H,2H2,1H3/p+1. The second-order valence-electron chi connectivity index (χ2n) is 3.71. The van der Waals surface area contributed by atoms with Gasteiger partial charge in [0.05, 0.1) is 12.8 Å². The number of aromatic amines is 1. The Labute approximate surface area is 93.3 Å². The first kappa shape index (κ1) is 9.21. The second kappa shape index (κ2) is 3.52. The lowest BCUT2D eigenvalue weighted by atomic mass is 10.3. The summed E-state index contributed by atoms with van der Waals surface area (Å²) in [6.45, 7) is 3.05. The fraction of sp³-hybridized carbons (Fsp3) is 0.154. The third-order valence-electron chi connectivity index (χ3n) is 2.79. The number of rotatable bonds is 2. The zero-order valence-electron chi connectivity index (χ0n) is 9.10. The predicted molar refractivity (Wildman–Crippen MR) is 61.9 cm³/mol. The molecule has 0 aliphatic carbocycles. The first-order valence-corrected chi connectivity index (χ1v) is 5.44. The molecule has 2 heterocycles. The van der Waals surface area contributed by atoms with E-state index in [4.69, 9.17) is 4.42 Å². The maximum Gasteiger partial charge on any atom is 0.323 e. The molecule has 1 N–H and O–H groups in total. The summed E-state index contributed by atoms with van der Waals surface area (Å²) in [4.78, 5) is 3.39. The number of benzene rings is 1. The average molecular weight is 213 g/mol. The highest BCUT2D eigenvalue weighted by Gasteiger charge is 2.20. The van der Waals surface area contributed by atoms with Crippen molar-refractivity contribution in [1.29, 1.82) is 0 Å². The summed E-state index contributed by atoms with van der Waals surface area (Å²) in [5, 5.41) is 0. The number of hydrogen-bond donors (Lipinski definition) is 1. The fourth-order valence-electron chi connectivity index (χ4n) is 2.07. The molecule has 0 amide bonds. The van der Waals surface area contributed by atoms with E-state index in [9.17, 15) is 0 Å². The number of aryl methyl sites for hydroxylation is 1. The molecule has 0 fully saturated rings. The zero-order valence-corrected chi connectivity index (χ0v) is 9.10. The van der Waals surface area contributed by atoms with Crippen LogP contribution in [0.2, 0.25) is 0 Å². The molecule has 0 radical (unpaired) electrons. The number of furan rings is 1. The lowest BCUT2D eigenvalue weighted by Gasteiger charge is -1.94. The smallest absolute Gasteiger partial charge is 0.323 e. The molecule has 0 unspecified atom stereocenters. The van der Waals surface area contributed by atoms with Crippen molar-refractivity contribution < 1.29 is 8.98 Å². The van der Waals surface area contributed by atoms with Crippen molar-refractivity contribution in [2.75, 3.05) is 0 Å². The highest BCUT2D eigenvalue weighted by Crippen LogP contribution is 2.18. The number of nitrogens with one attached hydrogen (secondary N) is 1. The predicted octanol–water partition coefficient (Wildman–Crippen LogP) is 2.74. The Hall–Kier alpha value is -2.03. The van der Waals surface area contributed by atoms with E-state index in [1.54, 1.807) is 6.26 Å². The van der Waals surface area contributed by atoms with E-state index in [1.807, 2.05) is 24.3 Å². The van der Waals surface area contributed by atoms with Crippen LogP contribution in [-0.2, 0) is 6.54 Å². The summed E-state index contributed by atoms with van der Waals surface area (Å²) in [5.41, 5.74) is 2.34. The number of aromatic nitrogens is 2. The number of fused-ring (bicyclic) bond motifs is 1. The molecule has 0 atom stereocenters. The molecular formula is C13H13N2O+. The molecule has 1 aromatic carbocycles. The Morgan fingerprint density at radius 3 is 2.81 bits per heavy atom. The van der Waals surface area contributed by atoms with Crippen LogP contribution < -0.4 is 4.57 Å². The molecule has 0 saturated heterocycles. The summed E-state index contributed by atoms with van der Waals surface area (Å²) >= 11 is 0. The van der Waals surface area contributed by atoms with Gasteiger partial charge in [-0.05, 0) is 31.2 Å². The van der Waals surface area contributed by atoms with E-state index in [0.29, 0.717) is 0 Å². The summed E-state index contributed by atoms with van der Waals surface area (Å²) in [7, 11) is 0. The molecule has 3 heteroatoms. The lowest BCUT2D eigenvalue weighted by molar-refractivity contribution is -0.657. The molecule has 80 valence electrons. The number of nitrogens with zero attached hydrogens (tertiary/aromatic N) is 1. The van der Waals surface area contributed by atoms with Crippen LogP contribution in [0.4, 0.5) is 0 Å². The van der Waals surface area contributed by atoms with Gasteiger partial charge in [0.2, 0.25) is 5.76 Å². The van der Waals surface area contributed by atoms with Gasteiger partial charge in [-0.1, -0.05) is 12.1 Å². The molecule has 0 aliphatic heterocycles. The topological polar surface area (TPSA) is 32.8 Å². The molecule has 0 spiro atoms. The lowest BCUT2D eigenvalue weighted by Crippen LogP contribution is -2.33. The summed E-state index contributed by atoms with van der Waals surface area (Å²) in [6.07, 6.45) is 1.70. The van der Waals surface area contributed by atoms with E-state index in [2.05, 4.69) is 28.6 Å². The van der Waals surface area contributed by atoms with Crippen molar-refractivity contribution >= 4 is 11.0 Å². The van der Waals surface area contributed by atoms with Gasteiger partial charge in [0.25, 0.3) is 0 Å². The molecule has 16 heavy (non-hydrogen) atoms. The first-order valence-electron chi connectivity index (χ1n) is 5.44. The number of para-hydroxylation sites is 2. The minimum Gasteiger partial charge on any atom is -0.456 e. The van der Waals surface area contributed by atoms with Crippen LogP contribution in [0.5, 0.6) is 0 Å². The van der Waals surface area contributed by atoms with E-state index >= 15 is 0 Å². The number of hydrogen-bond acceptors (Lipinski definition) is 1. The molecule has 3 nitrogen and oxygen atoms in total. The van der Waals surface area contributed by atoms with E-state index < -0.39 is 0 Å². The third-order valence-corrected chi connectivity index (χ3v) is 2.79. The number of H-pyrrole nitrogens is 1. The molecule has 2 aromatic heterocycles. The quantitative estimate of drug-likeness (QED) is 0.652. The number of imidazole rings is 1. The fourth-order valence-corrected chi connectivity index (χ4v) is 2.07. The second-order valence-corrected chi connectivity index (χ2v) is 3.71. The van der Waals surface area contributed by atoms with Gasteiger partial charge in [-0.15, -0.1) is 0 Å². The SMILES string of the molecule is CC[n+]1c(-c2ccco2)[nH]c2ccccc21. The van der Waals surface area contributed by atoms with Crippen molar-refractivity contribution in [2.45, 2.75) is 13.5 Å².